The van der Waals surface area contributed by atoms with Crippen LogP contribution in [0.2, 0.25) is 0 Å². The van der Waals surface area contributed by atoms with Crippen molar-refractivity contribution in [1.29, 1.82) is 0 Å². The van der Waals surface area contributed by atoms with Crippen molar-refractivity contribution in [2.45, 2.75) is 31.8 Å². The van der Waals surface area contributed by atoms with Crippen molar-refractivity contribution in [1.82, 2.24) is 9.21 Å². The van der Waals surface area contributed by atoms with Crippen LogP contribution in [-0.2, 0) is 17.9 Å². The summed E-state index contributed by atoms with van der Waals surface area (Å²) < 4.78 is 13.5. The van der Waals surface area contributed by atoms with E-state index in [1.807, 2.05) is 30.0 Å². The van der Waals surface area contributed by atoms with Crippen molar-refractivity contribution in [2.75, 3.05) is 26.8 Å². The zero-order chi connectivity index (χ0) is 19.2. The number of amides is 1. The van der Waals surface area contributed by atoms with Crippen LogP contribution in [0.15, 0.2) is 47.4 Å². The van der Waals surface area contributed by atoms with Gasteiger partial charge in [0, 0.05) is 43.6 Å². The normalized spacial score (nSPS) is 14.0. The molecule has 1 aliphatic rings. The van der Waals surface area contributed by atoms with Gasteiger partial charge in [-0.3, -0.25) is 4.79 Å². The van der Waals surface area contributed by atoms with Gasteiger partial charge in [-0.25, -0.2) is 4.31 Å². The average Bonchev–Trinajstić information content (AvgIpc) is 2.87. The summed E-state index contributed by atoms with van der Waals surface area (Å²) in [7, 11) is 1.68. The second-order valence-electron chi connectivity index (χ2n) is 6.45. The molecule has 3 rings (SSSR count). The van der Waals surface area contributed by atoms with Gasteiger partial charge in [-0.1, -0.05) is 6.07 Å². The highest BCUT2D eigenvalue weighted by Gasteiger charge is 2.18. The first kappa shape index (κ1) is 19.6. The topological polar surface area (TPSA) is 42.0 Å². The summed E-state index contributed by atoms with van der Waals surface area (Å²) in [5, 5.41) is 0. The lowest BCUT2D eigenvalue weighted by Gasteiger charge is -2.20. The van der Waals surface area contributed by atoms with Gasteiger partial charge in [-0.2, -0.15) is 0 Å². The predicted molar refractivity (Wildman–Crippen MR) is 108 cm³/mol. The summed E-state index contributed by atoms with van der Waals surface area (Å²) in [6.07, 6.45) is 0. The number of carbonyl (C=O) groups excluding carboxylic acids is 1. The summed E-state index contributed by atoms with van der Waals surface area (Å²) in [6, 6.07) is 14.3. The van der Waals surface area contributed by atoms with Gasteiger partial charge in [-0.05, 0) is 60.8 Å². The quantitative estimate of drug-likeness (QED) is 0.703. The Hall–Kier alpha value is -2.18. The van der Waals surface area contributed by atoms with Gasteiger partial charge in [0.2, 0.25) is 5.91 Å². The van der Waals surface area contributed by atoms with Crippen molar-refractivity contribution in [3.8, 4) is 11.5 Å². The Morgan fingerprint density at radius 1 is 1.26 bits per heavy atom. The number of methoxy groups -OCH3 is 1. The minimum atomic E-state index is 0.0976. The molecule has 0 unspecified atom stereocenters. The lowest BCUT2D eigenvalue weighted by atomic mass is 10.1. The maximum Gasteiger partial charge on any atom is 0.219 e. The monoisotopic (exact) mass is 386 g/mol. The molecule has 1 aliphatic heterocycles. The van der Waals surface area contributed by atoms with Crippen LogP contribution in [0.4, 0.5) is 0 Å². The van der Waals surface area contributed by atoms with Crippen molar-refractivity contribution in [3.63, 3.8) is 0 Å². The number of rotatable bonds is 6. The maximum absolute atomic E-state index is 11.7. The van der Waals surface area contributed by atoms with Crippen LogP contribution in [0.1, 0.15) is 25.0 Å². The lowest BCUT2D eigenvalue weighted by molar-refractivity contribution is -0.129. The number of nitrogens with zero attached hydrogens (tertiary/aromatic N) is 2. The summed E-state index contributed by atoms with van der Waals surface area (Å²) in [5.74, 6) is 1.89. The second-order valence-corrected chi connectivity index (χ2v) is 7.62. The molecule has 0 N–H and O–H groups in total. The molecule has 2 aromatic carbocycles. The molecule has 0 atom stereocenters. The molecule has 1 heterocycles. The fourth-order valence-electron chi connectivity index (χ4n) is 3.05. The van der Waals surface area contributed by atoms with E-state index >= 15 is 0 Å². The number of carbonyl (C=O) groups is 1. The van der Waals surface area contributed by atoms with Crippen LogP contribution in [0.5, 0.6) is 11.5 Å². The molecule has 6 heteroatoms. The van der Waals surface area contributed by atoms with Crippen LogP contribution in [-0.4, -0.2) is 41.9 Å². The Morgan fingerprint density at radius 2 is 2.04 bits per heavy atom. The molecule has 0 aromatic heterocycles. The Labute approximate surface area is 165 Å². The van der Waals surface area contributed by atoms with Crippen LogP contribution >= 0.6 is 11.9 Å². The van der Waals surface area contributed by atoms with Gasteiger partial charge in [0.05, 0.1) is 7.11 Å². The lowest BCUT2D eigenvalue weighted by Crippen LogP contribution is -2.27. The number of benzene rings is 2. The van der Waals surface area contributed by atoms with Gasteiger partial charge >= 0.3 is 0 Å². The van der Waals surface area contributed by atoms with Crippen LogP contribution in [0.3, 0.4) is 0 Å². The Balaban J connectivity index is 1.72. The number of hydrogen-bond acceptors (Lipinski definition) is 5. The fraction of sp³-hybridized carbons (Fsp3) is 0.381. The van der Waals surface area contributed by atoms with E-state index in [1.165, 1.54) is 4.90 Å². The zero-order valence-electron chi connectivity index (χ0n) is 16.1. The van der Waals surface area contributed by atoms with Crippen LogP contribution in [0.25, 0.3) is 0 Å². The number of ether oxygens (including phenoxy) is 2. The summed E-state index contributed by atoms with van der Waals surface area (Å²) >= 11 is 1.72. The molecular formula is C21H26N2O3S. The highest BCUT2D eigenvalue weighted by molar-refractivity contribution is 7.97. The van der Waals surface area contributed by atoms with Gasteiger partial charge in [0.15, 0.2) is 0 Å². The van der Waals surface area contributed by atoms with E-state index in [4.69, 9.17) is 9.47 Å². The van der Waals surface area contributed by atoms with Gasteiger partial charge < -0.3 is 14.4 Å². The smallest absolute Gasteiger partial charge is 0.219 e. The Bertz CT molecular complexity index is 779. The van der Waals surface area contributed by atoms with E-state index in [9.17, 15) is 4.79 Å². The molecule has 144 valence electrons. The van der Waals surface area contributed by atoms with Gasteiger partial charge in [-0.15, -0.1) is 0 Å². The largest absolute Gasteiger partial charge is 0.497 e. The molecule has 0 fully saturated rings. The Kier molecular flexibility index (Phi) is 6.63. The third kappa shape index (κ3) is 5.17. The van der Waals surface area contributed by atoms with Gasteiger partial charge in [0.1, 0.15) is 18.1 Å². The van der Waals surface area contributed by atoms with E-state index in [2.05, 4.69) is 28.6 Å². The van der Waals surface area contributed by atoms with E-state index < -0.39 is 0 Å². The van der Waals surface area contributed by atoms with E-state index in [-0.39, 0.29) is 5.91 Å². The van der Waals surface area contributed by atoms with Crippen LogP contribution < -0.4 is 9.47 Å². The Morgan fingerprint density at radius 3 is 2.70 bits per heavy atom. The molecule has 1 amide bonds. The van der Waals surface area contributed by atoms with Crippen LogP contribution in [0, 0.1) is 0 Å². The molecule has 0 bridgehead atoms. The first-order chi connectivity index (χ1) is 13.1. The third-order valence-corrected chi connectivity index (χ3v) is 5.62. The molecule has 0 spiro atoms. The number of fused-ring (bicyclic) bond motifs is 1. The van der Waals surface area contributed by atoms with Crippen molar-refractivity contribution >= 4 is 17.9 Å². The molecular weight excluding hydrogens is 360 g/mol. The zero-order valence-corrected chi connectivity index (χ0v) is 16.9. The third-order valence-electron chi connectivity index (χ3n) is 4.56. The maximum atomic E-state index is 11.7. The summed E-state index contributed by atoms with van der Waals surface area (Å²) in [4.78, 5) is 14.7. The minimum Gasteiger partial charge on any atom is -0.497 e. The van der Waals surface area contributed by atoms with E-state index in [1.54, 1.807) is 26.0 Å². The molecule has 0 radical (unpaired) electrons. The van der Waals surface area contributed by atoms with Crippen molar-refractivity contribution in [2.24, 2.45) is 0 Å². The number of hydrogen-bond donors (Lipinski definition) is 0. The molecule has 0 aliphatic carbocycles. The molecule has 2 aromatic rings. The molecule has 5 nitrogen and oxygen atoms in total. The summed E-state index contributed by atoms with van der Waals surface area (Å²) in [6.45, 7) is 7.25. The minimum absolute atomic E-state index is 0.0976. The SMILES string of the molecule is CCN(Cc1ccc2c(c1)CN(Sc1ccc(OC)cc1)CCO2)C(C)=O. The second kappa shape index (κ2) is 9.15. The highest BCUT2D eigenvalue weighted by Crippen LogP contribution is 2.31. The molecule has 0 saturated carbocycles. The van der Waals surface area contributed by atoms with Crippen molar-refractivity contribution in [3.05, 3.63) is 53.6 Å². The van der Waals surface area contributed by atoms with Gasteiger partial charge in [0.25, 0.3) is 0 Å². The standard InChI is InChI=1S/C21H26N2O3S/c1-4-22(16(2)24)14-17-5-10-21-18(13-17)15-23(11-12-26-21)27-20-8-6-19(25-3)7-9-20/h5-10,13H,4,11-12,14-15H2,1-3H3. The summed E-state index contributed by atoms with van der Waals surface area (Å²) in [5.41, 5.74) is 2.29. The molecule has 27 heavy (non-hydrogen) atoms. The average molecular weight is 387 g/mol. The predicted octanol–water partition coefficient (Wildman–Crippen LogP) is 3.97. The highest BCUT2D eigenvalue weighted by atomic mass is 32.2. The molecule has 0 saturated heterocycles. The van der Waals surface area contributed by atoms with E-state index in [0.29, 0.717) is 19.7 Å². The first-order valence-electron chi connectivity index (χ1n) is 9.16. The first-order valence-corrected chi connectivity index (χ1v) is 9.93. The van der Waals surface area contributed by atoms with Crippen molar-refractivity contribution < 1.29 is 14.3 Å². The van der Waals surface area contributed by atoms with E-state index in [0.717, 1.165) is 35.7 Å². The fourth-order valence-corrected chi connectivity index (χ4v) is 3.98.